The highest BCUT2D eigenvalue weighted by molar-refractivity contribution is 7.99. The average molecular weight is 466 g/mol. The molecule has 2 heterocycles. The van der Waals surface area contributed by atoms with Gasteiger partial charge in [0.2, 0.25) is 5.91 Å². The third-order valence-electron chi connectivity index (χ3n) is 5.21. The minimum atomic E-state index is -0.507. The van der Waals surface area contributed by atoms with E-state index < -0.39 is 5.56 Å². The molecule has 32 heavy (non-hydrogen) atoms. The highest BCUT2D eigenvalue weighted by Gasteiger charge is 2.22. The molecule has 0 spiro atoms. The Kier molecular flexibility index (Phi) is 6.78. The summed E-state index contributed by atoms with van der Waals surface area (Å²) in [5, 5.41) is 10.4. The van der Waals surface area contributed by atoms with E-state index in [1.807, 2.05) is 53.4 Å². The van der Waals surface area contributed by atoms with Gasteiger partial charge in [-0.05, 0) is 24.3 Å². The SMILES string of the molecule is N#Cc1c(-c2ccccc2)nc(SCC(=O)N2CCN(c3ccc(Cl)cc3)CC2)[nH]c1=O. The maximum atomic E-state index is 12.7. The number of H-pyrrole nitrogens is 1. The Morgan fingerprint density at radius 2 is 1.78 bits per heavy atom. The summed E-state index contributed by atoms with van der Waals surface area (Å²) in [6.07, 6.45) is 0. The zero-order valence-electron chi connectivity index (χ0n) is 17.1. The van der Waals surface area contributed by atoms with Gasteiger partial charge in [0.05, 0.1) is 11.4 Å². The zero-order valence-corrected chi connectivity index (χ0v) is 18.7. The molecule has 1 N–H and O–H groups in total. The van der Waals surface area contributed by atoms with Gasteiger partial charge in [-0.25, -0.2) is 4.98 Å². The van der Waals surface area contributed by atoms with Gasteiger partial charge >= 0.3 is 0 Å². The molecule has 9 heteroatoms. The Morgan fingerprint density at radius 1 is 1.09 bits per heavy atom. The van der Waals surface area contributed by atoms with Crippen LogP contribution in [-0.4, -0.2) is 52.7 Å². The summed E-state index contributed by atoms with van der Waals surface area (Å²) >= 11 is 7.12. The summed E-state index contributed by atoms with van der Waals surface area (Å²) in [6.45, 7) is 2.72. The van der Waals surface area contributed by atoms with Crippen molar-refractivity contribution in [3.05, 3.63) is 75.5 Å². The first-order chi connectivity index (χ1) is 15.5. The smallest absolute Gasteiger partial charge is 0.270 e. The largest absolute Gasteiger partial charge is 0.368 e. The lowest BCUT2D eigenvalue weighted by molar-refractivity contribution is -0.128. The number of thioether (sulfide) groups is 1. The normalized spacial score (nSPS) is 13.6. The Labute approximate surface area is 194 Å². The Morgan fingerprint density at radius 3 is 2.44 bits per heavy atom. The summed E-state index contributed by atoms with van der Waals surface area (Å²) in [5.41, 5.74) is 1.55. The second-order valence-electron chi connectivity index (χ2n) is 7.21. The van der Waals surface area contributed by atoms with E-state index in [2.05, 4.69) is 14.9 Å². The first kappa shape index (κ1) is 21.9. The third kappa shape index (κ3) is 4.96. The fraction of sp³-hybridized carbons (Fsp3) is 0.217. The molecular weight excluding hydrogens is 446 g/mol. The van der Waals surface area contributed by atoms with Gasteiger partial charge in [-0.2, -0.15) is 5.26 Å². The number of nitrogens with one attached hydrogen (secondary N) is 1. The van der Waals surface area contributed by atoms with Crippen LogP contribution in [0.3, 0.4) is 0 Å². The van der Waals surface area contributed by atoms with Gasteiger partial charge in [0.25, 0.3) is 5.56 Å². The quantitative estimate of drug-likeness (QED) is 0.458. The van der Waals surface area contributed by atoms with E-state index in [-0.39, 0.29) is 17.2 Å². The zero-order chi connectivity index (χ0) is 22.5. The minimum absolute atomic E-state index is 0.0148. The maximum absolute atomic E-state index is 12.7. The van der Waals surface area contributed by atoms with E-state index in [0.717, 1.165) is 18.8 Å². The number of rotatable bonds is 5. The molecule has 1 aromatic heterocycles. The lowest BCUT2D eigenvalue weighted by Gasteiger charge is -2.36. The molecule has 1 aliphatic rings. The number of amides is 1. The van der Waals surface area contributed by atoms with Crippen LogP contribution in [0.1, 0.15) is 5.56 Å². The van der Waals surface area contributed by atoms with Crippen LogP contribution in [0.15, 0.2) is 64.5 Å². The minimum Gasteiger partial charge on any atom is -0.368 e. The second-order valence-corrected chi connectivity index (χ2v) is 8.61. The number of aromatic amines is 1. The lowest BCUT2D eigenvalue weighted by atomic mass is 10.1. The topological polar surface area (TPSA) is 93.1 Å². The molecular formula is C23H20ClN5O2S. The number of nitrogens with zero attached hydrogens (tertiary/aromatic N) is 4. The van der Waals surface area contributed by atoms with Crippen molar-refractivity contribution in [3.63, 3.8) is 0 Å². The van der Waals surface area contributed by atoms with Crippen LogP contribution in [0.4, 0.5) is 5.69 Å². The molecule has 0 saturated carbocycles. The second kappa shape index (κ2) is 9.90. The lowest BCUT2D eigenvalue weighted by Crippen LogP contribution is -2.49. The van der Waals surface area contributed by atoms with Crippen LogP contribution in [0.25, 0.3) is 11.3 Å². The number of hydrogen-bond acceptors (Lipinski definition) is 6. The summed E-state index contributed by atoms with van der Waals surface area (Å²) in [4.78, 5) is 36.2. The number of aromatic nitrogens is 2. The number of hydrogen-bond donors (Lipinski definition) is 1. The molecule has 1 amide bonds. The van der Waals surface area contributed by atoms with E-state index in [0.29, 0.717) is 34.5 Å². The number of nitriles is 1. The monoisotopic (exact) mass is 465 g/mol. The molecule has 0 aliphatic carbocycles. The van der Waals surface area contributed by atoms with Crippen LogP contribution >= 0.6 is 23.4 Å². The highest BCUT2D eigenvalue weighted by atomic mass is 35.5. The number of halogens is 1. The molecule has 1 saturated heterocycles. The van der Waals surface area contributed by atoms with Crippen molar-refractivity contribution in [2.45, 2.75) is 5.16 Å². The van der Waals surface area contributed by atoms with Crippen LogP contribution in [0.2, 0.25) is 5.02 Å². The van der Waals surface area contributed by atoms with Crippen LogP contribution in [0.5, 0.6) is 0 Å². The molecule has 0 atom stereocenters. The first-order valence-electron chi connectivity index (χ1n) is 10.1. The van der Waals surface area contributed by atoms with E-state index >= 15 is 0 Å². The summed E-state index contributed by atoms with van der Waals surface area (Å²) < 4.78 is 0. The average Bonchev–Trinajstić information content (AvgIpc) is 2.83. The molecule has 0 radical (unpaired) electrons. The number of carbonyl (C=O) groups is 1. The maximum Gasteiger partial charge on any atom is 0.270 e. The van der Waals surface area contributed by atoms with Crippen LogP contribution in [-0.2, 0) is 4.79 Å². The van der Waals surface area contributed by atoms with Gasteiger partial charge in [0, 0.05) is 42.5 Å². The van der Waals surface area contributed by atoms with Crippen molar-refractivity contribution < 1.29 is 4.79 Å². The van der Waals surface area contributed by atoms with E-state index in [9.17, 15) is 14.9 Å². The molecule has 2 aromatic carbocycles. The van der Waals surface area contributed by atoms with E-state index in [4.69, 9.17) is 11.6 Å². The van der Waals surface area contributed by atoms with Crippen molar-refractivity contribution >= 4 is 35.0 Å². The fourth-order valence-electron chi connectivity index (χ4n) is 3.52. The molecule has 0 bridgehead atoms. The predicted molar refractivity (Wildman–Crippen MR) is 126 cm³/mol. The molecule has 7 nitrogen and oxygen atoms in total. The van der Waals surface area contributed by atoms with E-state index in [1.165, 1.54) is 11.8 Å². The molecule has 1 aliphatic heterocycles. The van der Waals surface area contributed by atoms with Crippen molar-refractivity contribution in [3.8, 4) is 17.3 Å². The summed E-state index contributed by atoms with van der Waals surface area (Å²) in [6, 6.07) is 18.7. The van der Waals surface area contributed by atoms with Crippen molar-refractivity contribution in [2.75, 3.05) is 36.8 Å². The van der Waals surface area contributed by atoms with Gasteiger partial charge in [0.15, 0.2) is 5.16 Å². The first-order valence-corrected chi connectivity index (χ1v) is 11.4. The van der Waals surface area contributed by atoms with E-state index in [1.54, 1.807) is 12.1 Å². The van der Waals surface area contributed by atoms with Gasteiger partial charge in [-0.3, -0.25) is 9.59 Å². The van der Waals surface area contributed by atoms with Gasteiger partial charge in [0.1, 0.15) is 11.6 Å². The van der Waals surface area contributed by atoms with Crippen molar-refractivity contribution in [2.24, 2.45) is 0 Å². The van der Waals surface area contributed by atoms with Crippen molar-refractivity contribution in [1.29, 1.82) is 5.26 Å². The number of benzene rings is 2. The van der Waals surface area contributed by atoms with Crippen LogP contribution in [0, 0.1) is 11.3 Å². The van der Waals surface area contributed by atoms with Crippen molar-refractivity contribution in [1.82, 2.24) is 14.9 Å². The fourth-order valence-corrected chi connectivity index (χ4v) is 4.41. The Bertz CT molecular complexity index is 1200. The summed E-state index contributed by atoms with van der Waals surface area (Å²) in [7, 11) is 0. The third-order valence-corrected chi connectivity index (χ3v) is 6.32. The van der Waals surface area contributed by atoms with Gasteiger partial charge < -0.3 is 14.8 Å². The molecule has 162 valence electrons. The number of anilines is 1. The Hall–Kier alpha value is -3.28. The molecule has 4 rings (SSSR count). The number of carbonyl (C=O) groups excluding carboxylic acids is 1. The molecule has 1 fully saturated rings. The van der Waals surface area contributed by atoms with Gasteiger partial charge in [-0.15, -0.1) is 0 Å². The van der Waals surface area contributed by atoms with Crippen LogP contribution < -0.4 is 10.5 Å². The molecule has 0 unspecified atom stereocenters. The standard InChI is InChI=1S/C23H20ClN5O2S/c24-17-6-8-18(9-7-17)28-10-12-29(13-11-28)20(30)15-32-23-26-21(16-4-2-1-3-5-16)19(14-25)22(31)27-23/h1-9H,10-13,15H2,(H,26,27,31). The number of piperazine rings is 1. The Balaban J connectivity index is 1.39. The highest BCUT2D eigenvalue weighted by Crippen LogP contribution is 2.23. The molecule has 3 aromatic rings. The predicted octanol–water partition coefficient (Wildman–Crippen LogP) is 3.40. The van der Waals surface area contributed by atoms with Gasteiger partial charge in [-0.1, -0.05) is 53.7 Å². The summed E-state index contributed by atoms with van der Waals surface area (Å²) in [5.74, 6) is 0.142.